The summed E-state index contributed by atoms with van der Waals surface area (Å²) < 4.78 is 5.52. The summed E-state index contributed by atoms with van der Waals surface area (Å²) in [6.07, 6.45) is 4.31. The molecule has 0 aliphatic rings. The number of carbonyl (C=O) groups excluding carboxylic acids is 2. The maximum absolute atomic E-state index is 12.0. The molecule has 0 aliphatic heterocycles. The van der Waals surface area contributed by atoms with Gasteiger partial charge in [-0.1, -0.05) is 0 Å². The summed E-state index contributed by atoms with van der Waals surface area (Å²) in [6, 6.07) is 10.5. The lowest BCUT2D eigenvalue weighted by atomic mass is 10.1. The summed E-state index contributed by atoms with van der Waals surface area (Å²) >= 11 is 0. The van der Waals surface area contributed by atoms with Gasteiger partial charge in [0, 0.05) is 24.4 Å². The molecule has 2 aromatic rings. The van der Waals surface area contributed by atoms with Crippen molar-refractivity contribution >= 4 is 11.8 Å². The number of aryl methyl sites for hydroxylation is 1. The van der Waals surface area contributed by atoms with Crippen LogP contribution in [0, 0.1) is 0 Å². The average Bonchev–Trinajstić information content (AvgIpc) is 2.59. The molecule has 24 heavy (non-hydrogen) atoms. The molecule has 0 saturated carbocycles. The van der Waals surface area contributed by atoms with Gasteiger partial charge in [-0.3, -0.25) is 25.4 Å². The number of aromatic nitrogens is 1. The van der Waals surface area contributed by atoms with Crippen LogP contribution in [0.5, 0.6) is 5.75 Å². The zero-order chi connectivity index (χ0) is 17.4. The molecule has 0 fully saturated rings. The number of hydrazine groups is 1. The zero-order valence-corrected chi connectivity index (χ0v) is 13.8. The maximum atomic E-state index is 12.0. The van der Waals surface area contributed by atoms with Crippen molar-refractivity contribution in [2.45, 2.75) is 32.8 Å². The summed E-state index contributed by atoms with van der Waals surface area (Å²) in [5.41, 5.74) is 6.28. The second-order valence-corrected chi connectivity index (χ2v) is 5.55. The summed E-state index contributed by atoms with van der Waals surface area (Å²) in [5, 5.41) is 0. The Kier molecular flexibility index (Phi) is 6.31. The normalized spacial score (nSPS) is 10.3. The minimum absolute atomic E-state index is 0.0735. The van der Waals surface area contributed by atoms with Gasteiger partial charge in [0.1, 0.15) is 5.75 Å². The van der Waals surface area contributed by atoms with E-state index in [9.17, 15) is 9.59 Å². The third kappa shape index (κ3) is 5.72. The number of benzene rings is 1. The highest BCUT2D eigenvalue weighted by Crippen LogP contribution is 2.13. The first-order valence-electron chi connectivity index (χ1n) is 7.79. The molecule has 6 nitrogen and oxygen atoms in total. The molecule has 0 atom stereocenters. The second kappa shape index (κ2) is 8.67. The van der Waals surface area contributed by atoms with Crippen molar-refractivity contribution in [1.82, 2.24) is 15.8 Å². The van der Waals surface area contributed by atoms with Gasteiger partial charge in [0.25, 0.3) is 5.91 Å². The lowest BCUT2D eigenvalue weighted by molar-refractivity contribution is -0.121. The number of hydrogen-bond acceptors (Lipinski definition) is 4. The van der Waals surface area contributed by atoms with Crippen LogP contribution in [0.2, 0.25) is 0 Å². The van der Waals surface area contributed by atoms with E-state index in [2.05, 4.69) is 15.8 Å². The highest BCUT2D eigenvalue weighted by atomic mass is 16.5. The van der Waals surface area contributed by atoms with E-state index in [0.717, 1.165) is 5.56 Å². The lowest BCUT2D eigenvalue weighted by Crippen LogP contribution is -2.41. The van der Waals surface area contributed by atoms with E-state index in [1.54, 1.807) is 36.7 Å². The summed E-state index contributed by atoms with van der Waals surface area (Å²) in [7, 11) is 0. The molecule has 0 radical (unpaired) electrons. The molecule has 1 aromatic carbocycles. The van der Waals surface area contributed by atoms with Crippen molar-refractivity contribution in [1.29, 1.82) is 0 Å². The van der Waals surface area contributed by atoms with Crippen LogP contribution in [-0.2, 0) is 11.2 Å². The van der Waals surface area contributed by atoms with Gasteiger partial charge in [-0.05, 0) is 62.2 Å². The first kappa shape index (κ1) is 17.5. The summed E-state index contributed by atoms with van der Waals surface area (Å²) in [4.78, 5) is 27.7. The molecule has 0 unspecified atom stereocenters. The van der Waals surface area contributed by atoms with Crippen molar-refractivity contribution in [3.8, 4) is 5.75 Å². The molecule has 0 saturated heterocycles. The lowest BCUT2D eigenvalue weighted by Gasteiger charge is -2.10. The molecule has 2 amide bonds. The van der Waals surface area contributed by atoms with E-state index in [4.69, 9.17) is 4.74 Å². The van der Waals surface area contributed by atoms with Crippen LogP contribution in [0.3, 0.4) is 0 Å². The number of nitrogens with zero attached hydrogens (tertiary/aromatic N) is 1. The largest absolute Gasteiger partial charge is 0.491 e. The fourth-order valence-corrected chi connectivity index (χ4v) is 2.03. The predicted octanol–water partition coefficient (Wildman–Crippen LogP) is 2.26. The fourth-order valence-electron chi connectivity index (χ4n) is 2.03. The van der Waals surface area contributed by atoms with Gasteiger partial charge in [0.05, 0.1) is 6.10 Å². The third-order valence-corrected chi connectivity index (χ3v) is 3.19. The van der Waals surface area contributed by atoms with E-state index in [1.165, 1.54) is 0 Å². The van der Waals surface area contributed by atoms with Gasteiger partial charge in [0.2, 0.25) is 5.91 Å². The second-order valence-electron chi connectivity index (χ2n) is 5.55. The molecule has 0 spiro atoms. The Morgan fingerprint density at radius 1 is 1.04 bits per heavy atom. The quantitative estimate of drug-likeness (QED) is 0.798. The molecular formula is C18H21N3O3. The predicted molar refractivity (Wildman–Crippen MR) is 90.4 cm³/mol. The van der Waals surface area contributed by atoms with Gasteiger partial charge < -0.3 is 4.74 Å². The molecule has 2 rings (SSSR count). The molecule has 126 valence electrons. The zero-order valence-electron chi connectivity index (χ0n) is 13.8. The third-order valence-electron chi connectivity index (χ3n) is 3.19. The van der Waals surface area contributed by atoms with Crippen LogP contribution < -0.4 is 15.6 Å². The van der Waals surface area contributed by atoms with E-state index in [0.29, 0.717) is 17.7 Å². The van der Waals surface area contributed by atoms with Crippen molar-refractivity contribution in [3.05, 3.63) is 59.9 Å². The smallest absolute Gasteiger partial charge is 0.269 e. The fraction of sp³-hybridized carbons (Fsp3) is 0.278. The summed E-state index contributed by atoms with van der Waals surface area (Å²) in [5.74, 6) is 0.0752. The Morgan fingerprint density at radius 3 is 2.33 bits per heavy atom. The summed E-state index contributed by atoms with van der Waals surface area (Å²) in [6.45, 7) is 3.87. The first-order valence-corrected chi connectivity index (χ1v) is 7.79. The van der Waals surface area contributed by atoms with E-state index in [1.807, 2.05) is 26.0 Å². The van der Waals surface area contributed by atoms with Crippen molar-refractivity contribution in [2.75, 3.05) is 0 Å². The number of rotatable bonds is 6. The van der Waals surface area contributed by atoms with Crippen LogP contribution >= 0.6 is 0 Å². The number of ether oxygens (including phenoxy) is 1. The highest BCUT2D eigenvalue weighted by Gasteiger charge is 2.08. The van der Waals surface area contributed by atoms with Crippen LogP contribution in [0.15, 0.2) is 48.8 Å². The molecule has 1 heterocycles. The van der Waals surface area contributed by atoms with Crippen LogP contribution in [0.25, 0.3) is 0 Å². The Hall–Kier alpha value is -2.89. The van der Waals surface area contributed by atoms with Gasteiger partial charge in [-0.25, -0.2) is 0 Å². The molecular weight excluding hydrogens is 306 g/mol. The van der Waals surface area contributed by atoms with Gasteiger partial charge in [0.15, 0.2) is 0 Å². The Balaban J connectivity index is 1.76. The Morgan fingerprint density at radius 2 is 1.71 bits per heavy atom. The average molecular weight is 327 g/mol. The molecule has 0 aliphatic carbocycles. The SMILES string of the molecule is CC(C)Oc1ccc(C(=O)NNC(=O)CCc2ccncc2)cc1. The number of nitrogens with one attached hydrogen (secondary N) is 2. The van der Waals surface area contributed by atoms with Crippen molar-refractivity contribution in [2.24, 2.45) is 0 Å². The number of hydrogen-bond donors (Lipinski definition) is 2. The minimum Gasteiger partial charge on any atom is -0.491 e. The van der Waals surface area contributed by atoms with Gasteiger partial charge >= 0.3 is 0 Å². The van der Waals surface area contributed by atoms with Crippen LogP contribution in [0.1, 0.15) is 36.2 Å². The standard InChI is InChI=1S/C18H21N3O3/c1-13(2)24-16-6-4-15(5-7-16)18(23)21-20-17(22)8-3-14-9-11-19-12-10-14/h4-7,9-13H,3,8H2,1-2H3,(H,20,22)(H,21,23). The molecule has 6 heteroatoms. The van der Waals surface area contributed by atoms with E-state index >= 15 is 0 Å². The number of carbonyl (C=O) groups is 2. The minimum atomic E-state index is -0.372. The van der Waals surface area contributed by atoms with Gasteiger partial charge in [-0.15, -0.1) is 0 Å². The Bertz CT molecular complexity index is 670. The van der Waals surface area contributed by atoms with Crippen molar-refractivity contribution in [3.63, 3.8) is 0 Å². The molecule has 1 aromatic heterocycles. The number of pyridine rings is 1. The first-order chi connectivity index (χ1) is 11.5. The van der Waals surface area contributed by atoms with Crippen molar-refractivity contribution < 1.29 is 14.3 Å². The number of amides is 2. The maximum Gasteiger partial charge on any atom is 0.269 e. The molecule has 0 bridgehead atoms. The van der Waals surface area contributed by atoms with Crippen LogP contribution in [0.4, 0.5) is 0 Å². The topological polar surface area (TPSA) is 80.3 Å². The van der Waals surface area contributed by atoms with E-state index in [-0.39, 0.29) is 24.3 Å². The van der Waals surface area contributed by atoms with E-state index < -0.39 is 0 Å². The van der Waals surface area contributed by atoms with Gasteiger partial charge in [-0.2, -0.15) is 0 Å². The monoisotopic (exact) mass is 327 g/mol. The van der Waals surface area contributed by atoms with Crippen LogP contribution in [-0.4, -0.2) is 22.9 Å². The molecule has 2 N–H and O–H groups in total. The highest BCUT2D eigenvalue weighted by molar-refractivity contribution is 5.95. The Labute approximate surface area is 141 Å².